The normalized spacial score (nSPS) is 18.3. The van der Waals surface area contributed by atoms with E-state index in [4.69, 9.17) is 14.2 Å². The van der Waals surface area contributed by atoms with Gasteiger partial charge in [-0.15, -0.1) is 0 Å². The maximum atomic E-state index is 5.66. The molecule has 0 aromatic rings. The molecule has 0 radical (unpaired) electrons. The van der Waals surface area contributed by atoms with Gasteiger partial charge in [-0.2, -0.15) is 0 Å². The van der Waals surface area contributed by atoms with E-state index in [9.17, 15) is 0 Å². The van der Waals surface area contributed by atoms with Crippen molar-refractivity contribution in [3.8, 4) is 0 Å². The fraction of sp³-hybridized carbons (Fsp3) is 0.941. The van der Waals surface area contributed by atoms with Gasteiger partial charge >= 0.3 is 0 Å². The molecule has 0 saturated carbocycles. The van der Waals surface area contributed by atoms with Gasteiger partial charge in [-0.25, -0.2) is 0 Å². The Balaban J connectivity index is 2.07. The molecule has 0 spiro atoms. The number of aliphatic imine (C=N–C) groups is 1. The topological polar surface area (TPSA) is 67.4 Å². The van der Waals surface area contributed by atoms with Crippen LogP contribution >= 0.6 is 0 Å². The molecular formula is C17H36N4O3. The second kappa shape index (κ2) is 14.5. The van der Waals surface area contributed by atoms with E-state index in [0.29, 0.717) is 6.10 Å². The predicted octanol–water partition coefficient (Wildman–Crippen LogP) is 0.705. The van der Waals surface area contributed by atoms with Gasteiger partial charge in [0.05, 0.1) is 19.3 Å². The third kappa shape index (κ3) is 10.8. The first-order chi connectivity index (χ1) is 11.8. The fourth-order valence-corrected chi connectivity index (χ4v) is 2.41. The predicted molar refractivity (Wildman–Crippen MR) is 97.8 cm³/mol. The average Bonchev–Trinajstić information content (AvgIpc) is 3.09. The molecular weight excluding hydrogens is 308 g/mol. The molecule has 0 bridgehead atoms. The van der Waals surface area contributed by atoms with E-state index < -0.39 is 0 Å². The van der Waals surface area contributed by atoms with Crippen LogP contribution in [0, 0.1) is 0 Å². The van der Waals surface area contributed by atoms with Crippen LogP contribution in [0.3, 0.4) is 0 Å². The summed E-state index contributed by atoms with van der Waals surface area (Å²) in [6.07, 6.45) is 3.53. The fourth-order valence-electron chi connectivity index (χ4n) is 2.41. The number of methoxy groups -OCH3 is 1. The summed E-state index contributed by atoms with van der Waals surface area (Å²) < 4.78 is 16.3. The third-order valence-corrected chi connectivity index (χ3v) is 3.85. The number of nitrogens with one attached hydrogen (secondary N) is 2. The molecule has 0 aromatic heterocycles. The van der Waals surface area contributed by atoms with Crippen molar-refractivity contribution in [3.05, 3.63) is 0 Å². The van der Waals surface area contributed by atoms with Crippen molar-refractivity contribution in [2.24, 2.45) is 4.99 Å². The van der Waals surface area contributed by atoms with Crippen molar-refractivity contribution in [1.82, 2.24) is 15.5 Å². The Labute approximate surface area is 147 Å². The molecule has 1 unspecified atom stereocenters. The Morgan fingerprint density at radius 1 is 1.29 bits per heavy atom. The highest BCUT2D eigenvalue weighted by Gasteiger charge is 2.14. The van der Waals surface area contributed by atoms with Crippen LogP contribution in [0.4, 0.5) is 0 Å². The molecule has 7 nitrogen and oxygen atoms in total. The Hall–Kier alpha value is -0.890. The zero-order chi connectivity index (χ0) is 17.5. The summed E-state index contributed by atoms with van der Waals surface area (Å²) in [5, 5.41) is 6.63. The molecule has 0 aliphatic carbocycles. The molecule has 24 heavy (non-hydrogen) atoms. The lowest BCUT2D eigenvalue weighted by atomic mass is 10.2. The zero-order valence-corrected chi connectivity index (χ0v) is 15.7. The highest BCUT2D eigenvalue weighted by molar-refractivity contribution is 5.79. The number of likely N-dealkylation sites (N-methyl/N-ethyl adjacent to an activating group) is 1. The van der Waals surface area contributed by atoms with Crippen molar-refractivity contribution in [2.45, 2.75) is 32.3 Å². The molecule has 7 heteroatoms. The lowest BCUT2D eigenvalue weighted by Crippen LogP contribution is -2.41. The van der Waals surface area contributed by atoms with Crippen LogP contribution in [0.25, 0.3) is 0 Å². The molecule has 1 aliphatic rings. The molecule has 142 valence electrons. The molecule has 1 rings (SSSR count). The molecule has 1 fully saturated rings. The molecule has 2 N–H and O–H groups in total. The monoisotopic (exact) mass is 344 g/mol. The van der Waals surface area contributed by atoms with Crippen LogP contribution in [0.5, 0.6) is 0 Å². The summed E-state index contributed by atoms with van der Waals surface area (Å²) in [6, 6.07) is 0. The standard InChI is InChI=1S/C17H36N4O3/c1-4-18-17(20-9-10-21(2)11-14-22-3)19-8-6-12-23-15-16-7-5-13-24-16/h16H,4-15H2,1-3H3,(H2,18,19,20). The van der Waals surface area contributed by atoms with E-state index in [1.807, 2.05) is 0 Å². The molecule has 1 heterocycles. The van der Waals surface area contributed by atoms with Gasteiger partial charge in [-0.1, -0.05) is 0 Å². The number of ether oxygens (including phenoxy) is 3. The summed E-state index contributed by atoms with van der Waals surface area (Å²) in [5.41, 5.74) is 0. The van der Waals surface area contributed by atoms with Crippen LogP contribution in [-0.2, 0) is 14.2 Å². The van der Waals surface area contributed by atoms with Gasteiger partial charge < -0.3 is 29.7 Å². The summed E-state index contributed by atoms with van der Waals surface area (Å²) in [4.78, 5) is 6.82. The number of hydrogen-bond acceptors (Lipinski definition) is 5. The van der Waals surface area contributed by atoms with E-state index in [2.05, 4.69) is 34.5 Å². The lowest BCUT2D eigenvalue weighted by Gasteiger charge is -2.17. The molecule has 1 atom stereocenters. The first kappa shape index (κ1) is 21.2. The van der Waals surface area contributed by atoms with Gasteiger partial charge in [0, 0.05) is 53.0 Å². The number of guanidine groups is 1. The van der Waals surface area contributed by atoms with Gasteiger partial charge in [0.1, 0.15) is 0 Å². The average molecular weight is 345 g/mol. The molecule has 1 saturated heterocycles. The minimum Gasteiger partial charge on any atom is -0.383 e. The molecule has 1 aliphatic heterocycles. The lowest BCUT2D eigenvalue weighted by molar-refractivity contribution is 0.0171. The zero-order valence-electron chi connectivity index (χ0n) is 15.7. The Bertz CT molecular complexity index is 323. The van der Waals surface area contributed by atoms with Crippen LogP contribution in [0.15, 0.2) is 4.99 Å². The van der Waals surface area contributed by atoms with Crippen LogP contribution in [0.1, 0.15) is 26.2 Å². The SMILES string of the molecule is CCNC(=NCCCOCC1CCCO1)NCCN(C)CCOC. The summed E-state index contributed by atoms with van der Waals surface area (Å²) in [7, 11) is 3.82. The van der Waals surface area contributed by atoms with Gasteiger partial charge in [0.25, 0.3) is 0 Å². The highest BCUT2D eigenvalue weighted by atomic mass is 16.5. The number of rotatable bonds is 13. The molecule has 0 amide bonds. The minimum atomic E-state index is 0.308. The Morgan fingerprint density at radius 3 is 2.88 bits per heavy atom. The van der Waals surface area contributed by atoms with Crippen molar-refractivity contribution in [2.75, 3.05) is 73.3 Å². The van der Waals surface area contributed by atoms with Crippen molar-refractivity contribution in [1.29, 1.82) is 0 Å². The van der Waals surface area contributed by atoms with Crippen LogP contribution in [-0.4, -0.2) is 90.3 Å². The largest absolute Gasteiger partial charge is 0.383 e. The van der Waals surface area contributed by atoms with Crippen molar-refractivity contribution in [3.63, 3.8) is 0 Å². The van der Waals surface area contributed by atoms with Crippen LogP contribution < -0.4 is 10.6 Å². The maximum absolute atomic E-state index is 5.66. The Kier molecular flexibility index (Phi) is 12.7. The minimum absolute atomic E-state index is 0.308. The first-order valence-corrected chi connectivity index (χ1v) is 9.15. The van der Waals surface area contributed by atoms with E-state index in [-0.39, 0.29) is 0 Å². The summed E-state index contributed by atoms with van der Waals surface area (Å²) >= 11 is 0. The van der Waals surface area contributed by atoms with Gasteiger partial charge in [-0.05, 0) is 33.2 Å². The number of hydrogen-bond donors (Lipinski definition) is 2. The third-order valence-electron chi connectivity index (χ3n) is 3.85. The second-order valence-corrected chi connectivity index (χ2v) is 6.05. The van der Waals surface area contributed by atoms with E-state index >= 15 is 0 Å². The van der Waals surface area contributed by atoms with Gasteiger partial charge in [-0.3, -0.25) is 4.99 Å². The quantitative estimate of drug-likeness (QED) is 0.291. The van der Waals surface area contributed by atoms with Crippen molar-refractivity contribution < 1.29 is 14.2 Å². The van der Waals surface area contributed by atoms with Crippen LogP contribution in [0.2, 0.25) is 0 Å². The first-order valence-electron chi connectivity index (χ1n) is 9.15. The Morgan fingerprint density at radius 2 is 2.17 bits per heavy atom. The summed E-state index contributed by atoms with van der Waals surface area (Å²) in [6.45, 7) is 9.56. The van der Waals surface area contributed by atoms with Gasteiger partial charge in [0.2, 0.25) is 0 Å². The summed E-state index contributed by atoms with van der Waals surface area (Å²) in [5.74, 6) is 0.872. The second-order valence-electron chi connectivity index (χ2n) is 6.05. The number of nitrogens with zero attached hydrogens (tertiary/aromatic N) is 2. The van der Waals surface area contributed by atoms with E-state index in [1.54, 1.807) is 7.11 Å². The maximum Gasteiger partial charge on any atom is 0.191 e. The van der Waals surface area contributed by atoms with E-state index in [1.165, 1.54) is 0 Å². The van der Waals surface area contributed by atoms with E-state index in [0.717, 1.165) is 84.4 Å². The van der Waals surface area contributed by atoms with Gasteiger partial charge in [0.15, 0.2) is 5.96 Å². The highest BCUT2D eigenvalue weighted by Crippen LogP contribution is 2.11. The smallest absolute Gasteiger partial charge is 0.191 e. The molecule has 0 aromatic carbocycles. The van der Waals surface area contributed by atoms with Crippen molar-refractivity contribution >= 4 is 5.96 Å².